The molecule has 26 heavy (non-hydrogen) atoms. The molecule has 1 aromatic heterocycles. The van der Waals surface area contributed by atoms with Crippen LogP contribution in [0.15, 0.2) is 39.9 Å². The van der Waals surface area contributed by atoms with Gasteiger partial charge in [-0.05, 0) is 50.2 Å². The minimum atomic E-state index is -0.279. The average molecular weight is 359 g/mol. The van der Waals surface area contributed by atoms with Gasteiger partial charge in [0, 0.05) is 24.6 Å². The lowest BCUT2D eigenvalue weighted by Crippen LogP contribution is -2.36. The molecule has 0 bridgehead atoms. The largest absolute Gasteiger partial charge is 0.444 e. The van der Waals surface area contributed by atoms with Gasteiger partial charge in [-0.2, -0.15) is 0 Å². The van der Waals surface area contributed by atoms with Crippen molar-refractivity contribution < 1.29 is 8.81 Å². The molecule has 1 aliphatic heterocycles. The number of likely N-dealkylation sites (tertiary alicyclic amines) is 1. The molecule has 0 spiro atoms. The smallest absolute Gasteiger partial charge is 0.226 e. The predicted octanol–water partition coefficient (Wildman–Crippen LogP) is 2.41. The van der Waals surface area contributed by atoms with Crippen molar-refractivity contribution in [1.82, 2.24) is 15.2 Å². The molecular formula is C19H26FN5O. The molecule has 7 heteroatoms. The zero-order chi connectivity index (χ0) is 18.4. The third-order valence-electron chi connectivity index (χ3n) is 4.71. The summed E-state index contributed by atoms with van der Waals surface area (Å²) in [6, 6.07) is 6.59. The number of nitrogens with one attached hydrogen (secondary N) is 1. The van der Waals surface area contributed by atoms with E-state index < -0.39 is 0 Å². The fourth-order valence-corrected chi connectivity index (χ4v) is 3.24. The molecule has 0 amide bonds. The van der Waals surface area contributed by atoms with Gasteiger partial charge in [0.2, 0.25) is 5.89 Å². The second kappa shape index (κ2) is 8.80. The van der Waals surface area contributed by atoms with Crippen molar-refractivity contribution in [3.63, 3.8) is 0 Å². The summed E-state index contributed by atoms with van der Waals surface area (Å²) in [5, 5.41) is 3.12. The molecule has 1 aromatic carbocycles. The number of guanidine groups is 1. The lowest BCUT2D eigenvalue weighted by molar-refractivity contribution is 0.273. The minimum absolute atomic E-state index is 0.279. The van der Waals surface area contributed by atoms with Crippen molar-refractivity contribution >= 4 is 5.96 Å². The van der Waals surface area contributed by atoms with Gasteiger partial charge < -0.3 is 15.5 Å². The Hall–Kier alpha value is -2.41. The van der Waals surface area contributed by atoms with Crippen LogP contribution < -0.4 is 11.1 Å². The van der Waals surface area contributed by atoms with Crippen LogP contribution in [-0.2, 0) is 6.42 Å². The highest BCUT2D eigenvalue weighted by atomic mass is 19.1. The topological polar surface area (TPSA) is 79.7 Å². The van der Waals surface area contributed by atoms with Crippen molar-refractivity contribution in [2.45, 2.75) is 32.2 Å². The van der Waals surface area contributed by atoms with Crippen molar-refractivity contribution in [3.05, 3.63) is 42.0 Å². The van der Waals surface area contributed by atoms with Crippen LogP contribution in [0.4, 0.5) is 4.39 Å². The Morgan fingerprint density at radius 1 is 1.42 bits per heavy atom. The molecule has 1 aliphatic rings. The maximum absolute atomic E-state index is 13.0. The van der Waals surface area contributed by atoms with Crippen LogP contribution in [0.3, 0.4) is 0 Å². The molecule has 3 N–H and O–H groups in total. The molecule has 1 unspecified atom stereocenters. The van der Waals surface area contributed by atoms with E-state index in [0.29, 0.717) is 30.9 Å². The molecule has 1 saturated heterocycles. The second-order valence-corrected chi connectivity index (χ2v) is 6.48. The molecule has 2 heterocycles. The van der Waals surface area contributed by atoms with Crippen molar-refractivity contribution in [3.8, 4) is 11.5 Å². The van der Waals surface area contributed by atoms with Crippen LogP contribution in [-0.4, -0.2) is 48.1 Å². The zero-order valence-electron chi connectivity index (χ0n) is 15.1. The number of rotatable bonds is 7. The number of halogens is 1. The molecule has 0 saturated carbocycles. The first-order valence-corrected chi connectivity index (χ1v) is 9.14. The molecular weight excluding hydrogens is 333 g/mol. The predicted molar refractivity (Wildman–Crippen MR) is 100 cm³/mol. The van der Waals surface area contributed by atoms with Crippen LogP contribution in [0.5, 0.6) is 0 Å². The molecule has 6 nitrogen and oxygen atoms in total. The molecule has 0 radical (unpaired) electrons. The summed E-state index contributed by atoms with van der Waals surface area (Å²) in [5.74, 6) is 0.678. The Labute approximate surface area is 153 Å². The Balaban J connectivity index is 1.44. The highest BCUT2D eigenvalue weighted by Crippen LogP contribution is 2.19. The van der Waals surface area contributed by atoms with Gasteiger partial charge in [-0.1, -0.05) is 6.92 Å². The number of aromatic nitrogens is 1. The van der Waals surface area contributed by atoms with Gasteiger partial charge in [0.15, 0.2) is 5.96 Å². The Kier molecular flexibility index (Phi) is 6.22. The number of nitrogens with zero attached hydrogens (tertiary/aromatic N) is 3. The number of likely N-dealkylation sites (N-methyl/N-ethyl adjacent to an activating group) is 1. The van der Waals surface area contributed by atoms with Gasteiger partial charge in [-0.3, -0.25) is 9.89 Å². The molecule has 2 aromatic rings. The monoisotopic (exact) mass is 359 g/mol. The van der Waals surface area contributed by atoms with Crippen molar-refractivity contribution in [1.29, 1.82) is 0 Å². The third kappa shape index (κ3) is 4.82. The van der Waals surface area contributed by atoms with Crippen LogP contribution in [0.1, 0.15) is 25.5 Å². The number of oxazole rings is 1. The van der Waals surface area contributed by atoms with E-state index >= 15 is 0 Å². The third-order valence-corrected chi connectivity index (χ3v) is 4.71. The van der Waals surface area contributed by atoms with E-state index in [9.17, 15) is 4.39 Å². The molecule has 1 atom stereocenters. The lowest BCUT2D eigenvalue weighted by Gasteiger charge is -2.20. The minimum Gasteiger partial charge on any atom is -0.444 e. The van der Waals surface area contributed by atoms with Crippen LogP contribution in [0.2, 0.25) is 0 Å². The fraction of sp³-hybridized carbons (Fsp3) is 0.474. The number of nitrogens with two attached hydrogens (primary N) is 1. The maximum Gasteiger partial charge on any atom is 0.226 e. The van der Waals surface area contributed by atoms with Gasteiger partial charge in [0.05, 0.1) is 12.2 Å². The Morgan fingerprint density at radius 3 is 3.00 bits per heavy atom. The highest BCUT2D eigenvalue weighted by molar-refractivity contribution is 5.77. The Bertz CT molecular complexity index is 728. The quantitative estimate of drug-likeness (QED) is 0.586. The summed E-state index contributed by atoms with van der Waals surface area (Å²) in [5.41, 5.74) is 7.52. The summed E-state index contributed by atoms with van der Waals surface area (Å²) < 4.78 is 18.4. The molecule has 0 aliphatic carbocycles. The van der Waals surface area contributed by atoms with Crippen molar-refractivity contribution in [2.24, 2.45) is 10.7 Å². The van der Waals surface area contributed by atoms with Crippen LogP contribution in [0.25, 0.3) is 11.5 Å². The molecule has 1 fully saturated rings. The zero-order valence-corrected chi connectivity index (χ0v) is 15.1. The average Bonchev–Trinajstić information content (AvgIpc) is 3.29. The van der Waals surface area contributed by atoms with E-state index in [0.717, 1.165) is 30.9 Å². The van der Waals surface area contributed by atoms with E-state index in [4.69, 9.17) is 10.2 Å². The molecule has 3 rings (SSSR count). The van der Waals surface area contributed by atoms with Gasteiger partial charge in [-0.25, -0.2) is 9.37 Å². The standard InChI is InChI=1S/C19H26FN5O/c1-2-25-11-3-4-17(25)12-23-19(21)22-10-9-16-13-26-18(24-16)14-5-7-15(20)8-6-14/h5-8,13,17H,2-4,9-12H2,1H3,(H3,21,22,23). The lowest BCUT2D eigenvalue weighted by atomic mass is 10.2. The normalized spacial score (nSPS) is 18.4. The summed E-state index contributed by atoms with van der Waals surface area (Å²) in [6.07, 6.45) is 4.72. The van der Waals surface area contributed by atoms with Gasteiger partial charge in [0.1, 0.15) is 12.1 Å². The number of aliphatic imine (C=N–C) groups is 1. The van der Waals surface area contributed by atoms with Crippen molar-refractivity contribution in [2.75, 3.05) is 26.2 Å². The summed E-state index contributed by atoms with van der Waals surface area (Å²) in [7, 11) is 0. The number of benzene rings is 1. The first kappa shape index (κ1) is 18.4. The van der Waals surface area contributed by atoms with Crippen LogP contribution in [0, 0.1) is 5.82 Å². The van der Waals surface area contributed by atoms with Gasteiger partial charge >= 0.3 is 0 Å². The van der Waals surface area contributed by atoms with E-state index in [-0.39, 0.29) is 5.82 Å². The SMILES string of the molecule is CCN1CCCC1CN=C(N)NCCc1coc(-c2ccc(F)cc2)n1. The van der Waals surface area contributed by atoms with E-state index in [1.54, 1.807) is 18.4 Å². The first-order chi connectivity index (χ1) is 12.7. The summed E-state index contributed by atoms with van der Waals surface area (Å²) in [6.45, 7) is 5.78. The van der Waals surface area contributed by atoms with Gasteiger partial charge in [-0.15, -0.1) is 0 Å². The molecule has 140 valence electrons. The fourth-order valence-electron chi connectivity index (χ4n) is 3.24. The van der Waals surface area contributed by atoms with E-state index in [1.807, 2.05) is 0 Å². The Morgan fingerprint density at radius 2 is 2.23 bits per heavy atom. The van der Waals surface area contributed by atoms with Gasteiger partial charge in [0.25, 0.3) is 0 Å². The summed E-state index contributed by atoms with van der Waals surface area (Å²) in [4.78, 5) is 11.3. The van der Waals surface area contributed by atoms with E-state index in [2.05, 4.69) is 27.1 Å². The number of hydrogen-bond donors (Lipinski definition) is 2. The maximum atomic E-state index is 13.0. The summed E-state index contributed by atoms with van der Waals surface area (Å²) >= 11 is 0. The second-order valence-electron chi connectivity index (χ2n) is 6.48. The van der Waals surface area contributed by atoms with E-state index in [1.165, 1.54) is 25.0 Å². The first-order valence-electron chi connectivity index (χ1n) is 9.14. The highest BCUT2D eigenvalue weighted by Gasteiger charge is 2.22. The number of hydrogen-bond acceptors (Lipinski definition) is 4. The van der Waals surface area contributed by atoms with Crippen LogP contribution >= 0.6 is 0 Å².